The van der Waals surface area contributed by atoms with Gasteiger partial charge < -0.3 is 10.4 Å². The molecule has 1 atom stereocenters. The third-order valence-electron chi connectivity index (χ3n) is 5.78. The van der Waals surface area contributed by atoms with E-state index >= 15 is 0 Å². The van der Waals surface area contributed by atoms with Crippen molar-refractivity contribution in [1.82, 2.24) is 10.2 Å². The van der Waals surface area contributed by atoms with Crippen molar-refractivity contribution < 1.29 is 5.11 Å². The van der Waals surface area contributed by atoms with Crippen LogP contribution in [0.1, 0.15) is 49.8 Å². The number of piperazine rings is 1. The summed E-state index contributed by atoms with van der Waals surface area (Å²) in [5.41, 5.74) is 2.94. The highest BCUT2D eigenvalue weighted by Crippen LogP contribution is 2.78. The highest BCUT2D eigenvalue weighted by Gasteiger charge is 2.83. The second-order valence-electron chi connectivity index (χ2n) is 7.69. The Labute approximate surface area is 127 Å². The van der Waals surface area contributed by atoms with Gasteiger partial charge in [0.05, 0.1) is 5.60 Å². The van der Waals surface area contributed by atoms with E-state index in [1.54, 1.807) is 0 Å². The van der Waals surface area contributed by atoms with Gasteiger partial charge in [0, 0.05) is 37.6 Å². The van der Waals surface area contributed by atoms with Crippen LogP contribution >= 0.6 is 0 Å². The minimum atomic E-state index is -0.261. The summed E-state index contributed by atoms with van der Waals surface area (Å²) in [6.07, 6.45) is 2.08. The third kappa shape index (κ3) is 2.23. The van der Waals surface area contributed by atoms with E-state index in [0.717, 1.165) is 39.0 Å². The molecule has 1 aromatic carbocycles. The Balaban J connectivity index is 1.48. The molecular weight excluding hydrogens is 260 g/mol. The molecular formula is C18H26N2O. The Hall–Kier alpha value is -0.900. The molecule has 0 amide bonds. The van der Waals surface area contributed by atoms with Crippen molar-refractivity contribution in [1.29, 1.82) is 0 Å². The predicted molar refractivity (Wildman–Crippen MR) is 84.3 cm³/mol. The van der Waals surface area contributed by atoms with Gasteiger partial charge in [-0.25, -0.2) is 0 Å². The van der Waals surface area contributed by atoms with Crippen molar-refractivity contribution >= 4 is 0 Å². The van der Waals surface area contributed by atoms with Crippen molar-refractivity contribution in [3.63, 3.8) is 0 Å². The number of hydrogen-bond acceptors (Lipinski definition) is 3. The van der Waals surface area contributed by atoms with Gasteiger partial charge in [0.2, 0.25) is 0 Å². The molecule has 1 saturated heterocycles. The van der Waals surface area contributed by atoms with Gasteiger partial charge in [-0.3, -0.25) is 4.90 Å². The zero-order chi connectivity index (χ0) is 14.7. The van der Waals surface area contributed by atoms with Crippen LogP contribution in [-0.4, -0.2) is 41.8 Å². The van der Waals surface area contributed by atoms with Crippen LogP contribution in [0.4, 0.5) is 0 Å². The summed E-state index contributed by atoms with van der Waals surface area (Å²) in [6, 6.07) is 9.27. The fraction of sp³-hybridized carbons (Fsp3) is 0.667. The van der Waals surface area contributed by atoms with E-state index in [0.29, 0.717) is 12.0 Å². The number of aliphatic hydroxyl groups is 1. The van der Waals surface area contributed by atoms with Gasteiger partial charge >= 0.3 is 0 Å². The molecule has 1 heterocycles. The predicted octanol–water partition coefficient (Wildman–Crippen LogP) is 2.28. The lowest BCUT2D eigenvalue weighted by Crippen LogP contribution is -2.47. The fourth-order valence-electron chi connectivity index (χ4n) is 4.18. The number of benzene rings is 1. The zero-order valence-corrected chi connectivity index (χ0v) is 13.1. The Morgan fingerprint density at radius 3 is 2.71 bits per heavy atom. The smallest absolute Gasteiger partial charge is 0.0731 e. The molecule has 3 aliphatic rings. The molecule has 1 aromatic rings. The van der Waals surface area contributed by atoms with Crippen molar-refractivity contribution in [3.8, 4) is 0 Å². The molecule has 21 heavy (non-hydrogen) atoms. The van der Waals surface area contributed by atoms with Crippen LogP contribution in [0, 0.1) is 5.41 Å². The molecule has 0 bridgehead atoms. The molecule has 1 unspecified atom stereocenters. The van der Waals surface area contributed by atoms with Crippen LogP contribution < -0.4 is 5.32 Å². The normalized spacial score (nSPS) is 38.4. The summed E-state index contributed by atoms with van der Waals surface area (Å²) in [5, 5.41) is 13.7. The highest BCUT2D eigenvalue weighted by molar-refractivity contribution is 5.35. The number of nitrogens with zero attached hydrogens (tertiary/aromatic N) is 1. The topological polar surface area (TPSA) is 35.5 Å². The molecule has 0 aromatic heterocycles. The second kappa shape index (κ2) is 4.55. The van der Waals surface area contributed by atoms with E-state index in [4.69, 9.17) is 0 Å². The van der Waals surface area contributed by atoms with Gasteiger partial charge in [-0.05, 0) is 29.9 Å². The quantitative estimate of drug-likeness (QED) is 0.891. The van der Waals surface area contributed by atoms with E-state index in [1.165, 1.54) is 11.1 Å². The van der Waals surface area contributed by atoms with E-state index in [-0.39, 0.29) is 11.0 Å². The van der Waals surface area contributed by atoms with Crippen LogP contribution in [0.3, 0.4) is 0 Å². The van der Waals surface area contributed by atoms with Gasteiger partial charge in [0.15, 0.2) is 0 Å². The zero-order valence-electron chi connectivity index (χ0n) is 13.1. The molecule has 3 heteroatoms. The third-order valence-corrected chi connectivity index (χ3v) is 5.78. The molecule has 0 radical (unpaired) electrons. The van der Waals surface area contributed by atoms with Crippen molar-refractivity contribution in [3.05, 3.63) is 35.4 Å². The first-order chi connectivity index (χ1) is 10.0. The lowest BCUT2D eigenvalue weighted by Gasteiger charge is -2.35. The summed E-state index contributed by atoms with van der Waals surface area (Å²) in [7, 11) is 0. The lowest BCUT2D eigenvalue weighted by molar-refractivity contribution is 0.174. The largest absolute Gasteiger partial charge is 0.389 e. The van der Waals surface area contributed by atoms with Gasteiger partial charge in [0.1, 0.15) is 0 Å². The molecule has 3 nitrogen and oxygen atoms in total. The maximum Gasteiger partial charge on any atom is 0.0731 e. The molecule has 4 rings (SSSR count). The lowest BCUT2D eigenvalue weighted by atomic mass is 9.91. The Morgan fingerprint density at radius 1 is 1.33 bits per heavy atom. The van der Waals surface area contributed by atoms with Crippen LogP contribution in [0.15, 0.2) is 24.3 Å². The number of nitrogens with one attached hydrogen (secondary N) is 1. The van der Waals surface area contributed by atoms with E-state index < -0.39 is 0 Å². The molecule has 2 saturated carbocycles. The second-order valence-corrected chi connectivity index (χ2v) is 7.69. The van der Waals surface area contributed by atoms with Gasteiger partial charge in [0.25, 0.3) is 0 Å². The highest BCUT2D eigenvalue weighted by atomic mass is 16.3. The first kappa shape index (κ1) is 13.7. The van der Waals surface area contributed by atoms with E-state index in [1.807, 2.05) is 0 Å². The Bertz CT molecular complexity index is 548. The molecule has 2 aliphatic carbocycles. The average molecular weight is 286 g/mol. The molecule has 0 spiro atoms. The summed E-state index contributed by atoms with van der Waals surface area (Å²) in [5.74, 6) is 0.564. The standard InChI is InChI=1S/C18H26N2O/c1-13(2)14-5-3-4-6-15(14)16-9-20(8-7-19-16)12-17-10-18(17,21)11-17/h3-6,13,16,19,21H,7-12H2,1-2H3. The van der Waals surface area contributed by atoms with Gasteiger partial charge in [-0.15, -0.1) is 0 Å². The van der Waals surface area contributed by atoms with Crippen LogP contribution in [0.25, 0.3) is 0 Å². The van der Waals surface area contributed by atoms with Crippen LogP contribution in [-0.2, 0) is 0 Å². The maximum atomic E-state index is 10.0. The summed E-state index contributed by atoms with van der Waals surface area (Å²) in [6.45, 7) is 8.86. The molecule has 1 aliphatic heterocycles. The first-order valence-electron chi connectivity index (χ1n) is 8.30. The number of hydrogen-bond donors (Lipinski definition) is 2. The Kier molecular flexibility index (Phi) is 2.97. The SMILES string of the molecule is CC(C)c1ccccc1C1CN(CC23CC2(O)C3)CCN1. The van der Waals surface area contributed by atoms with Crippen LogP contribution in [0.5, 0.6) is 0 Å². The average Bonchev–Trinajstić information content (AvgIpc) is 3.22. The summed E-state index contributed by atoms with van der Waals surface area (Å²) in [4.78, 5) is 2.56. The van der Waals surface area contributed by atoms with E-state index in [2.05, 4.69) is 48.3 Å². The molecule has 114 valence electrons. The van der Waals surface area contributed by atoms with Gasteiger partial charge in [-0.2, -0.15) is 0 Å². The van der Waals surface area contributed by atoms with Crippen molar-refractivity contribution in [2.24, 2.45) is 5.41 Å². The minimum Gasteiger partial charge on any atom is -0.389 e. The first-order valence-corrected chi connectivity index (χ1v) is 8.30. The van der Waals surface area contributed by atoms with E-state index in [9.17, 15) is 5.11 Å². The van der Waals surface area contributed by atoms with Crippen molar-refractivity contribution in [2.75, 3.05) is 26.2 Å². The van der Waals surface area contributed by atoms with Crippen molar-refractivity contribution in [2.45, 2.75) is 44.2 Å². The molecule has 2 N–H and O–H groups in total. The number of rotatable bonds is 4. The van der Waals surface area contributed by atoms with Crippen LogP contribution in [0.2, 0.25) is 0 Å². The summed E-state index contributed by atoms with van der Waals surface area (Å²) >= 11 is 0. The Morgan fingerprint density at radius 2 is 2.05 bits per heavy atom. The molecule has 3 fully saturated rings. The fourth-order valence-corrected chi connectivity index (χ4v) is 4.18. The summed E-state index contributed by atoms with van der Waals surface area (Å²) < 4.78 is 0. The maximum absolute atomic E-state index is 10.0. The monoisotopic (exact) mass is 286 g/mol. The van der Waals surface area contributed by atoms with Gasteiger partial charge in [-0.1, -0.05) is 38.1 Å². The minimum absolute atomic E-state index is 0.261. The number of fused-ring (bicyclic) bond motifs is 1.